The van der Waals surface area contributed by atoms with Crippen molar-refractivity contribution in [2.45, 2.75) is 58.0 Å². The molecule has 1 fully saturated rings. The van der Waals surface area contributed by atoms with Crippen LogP contribution < -0.4 is 10.1 Å². The second kappa shape index (κ2) is 10.8. The largest absolute Gasteiger partial charge is 0.484 e. The molecule has 2 heterocycles. The average molecular weight is 475 g/mol. The molecule has 7 heteroatoms. The van der Waals surface area contributed by atoms with Crippen LogP contribution in [-0.4, -0.2) is 45.9 Å². The van der Waals surface area contributed by atoms with E-state index in [-0.39, 0.29) is 23.8 Å². The zero-order valence-electron chi connectivity index (χ0n) is 20.7. The standard InChI is InChI=1S/C28H34N4O3/c1-28(2,3)24-17-30-26(31-24)21-14-12-20(13-15-21)18-32(23-11-7-8-16-29-27(23)34)25(33)19-35-22-9-5-4-6-10-22/h4-6,9-10,12-15,17,23H,7-8,11,16,18-19H2,1-3H3,(H,29,34)(H,30,31)/t23-/m0/s1. The first-order chi connectivity index (χ1) is 16.8. The Kier molecular flexibility index (Phi) is 7.54. The van der Waals surface area contributed by atoms with E-state index in [2.05, 4.69) is 36.1 Å². The van der Waals surface area contributed by atoms with Crippen LogP contribution in [0.1, 0.15) is 51.3 Å². The molecule has 0 unspecified atom stereocenters. The molecular weight excluding hydrogens is 440 g/mol. The molecule has 0 bridgehead atoms. The molecule has 2 N–H and O–H groups in total. The Morgan fingerprint density at radius 1 is 1.09 bits per heavy atom. The van der Waals surface area contributed by atoms with Gasteiger partial charge in [0.25, 0.3) is 5.91 Å². The van der Waals surface area contributed by atoms with Crippen LogP contribution in [0.2, 0.25) is 0 Å². The van der Waals surface area contributed by atoms with Crippen LogP contribution in [-0.2, 0) is 21.5 Å². The van der Waals surface area contributed by atoms with Crippen LogP contribution >= 0.6 is 0 Å². The lowest BCUT2D eigenvalue weighted by molar-refractivity contribution is -0.142. The first kappa shape index (κ1) is 24.5. The van der Waals surface area contributed by atoms with Crippen molar-refractivity contribution in [1.82, 2.24) is 20.2 Å². The van der Waals surface area contributed by atoms with Crippen molar-refractivity contribution < 1.29 is 14.3 Å². The third kappa shape index (κ3) is 6.29. The fraction of sp³-hybridized carbons (Fsp3) is 0.393. The lowest BCUT2D eigenvalue weighted by atomic mass is 9.93. The number of ether oxygens (including phenoxy) is 1. The smallest absolute Gasteiger partial charge is 0.261 e. The molecule has 2 amide bonds. The number of carbonyl (C=O) groups excluding carboxylic acids is 2. The zero-order valence-corrected chi connectivity index (χ0v) is 20.7. The van der Waals surface area contributed by atoms with Crippen LogP contribution in [0.4, 0.5) is 0 Å². The Bertz CT molecular complexity index is 1130. The lowest BCUT2D eigenvalue weighted by Gasteiger charge is -2.30. The SMILES string of the molecule is CC(C)(C)c1cnc(-c2ccc(CN(C(=O)COc3ccccc3)[C@H]3CCCCNC3=O)cc2)[nH]1. The molecule has 3 aromatic rings. The second-order valence-corrected chi connectivity index (χ2v) is 10.0. The van der Waals surface area contributed by atoms with Crippen molar-refractivity contribution in [3.8, 4) is 17.1 Å². The van der Waals surface area contributed by atoms with Gasteiger partial charge in [-0.25, -0.2) is 4.98 Å². The van der Waals surface area contributed by atoms with Crippen LogP contribution in [0.3, 0.4) is 0 Å². The van der Waals surface area contributed by atoms with Crippen molar-refractivity contribution in [3.05, 3.63) is 72.1 Å². The third-order valence-corrected chi connectivity index (χ3v) is 6.27. The summed E-state index contributed by atoms with van der Waals surface area (Å²) in [5.74, 6) is 1.13. The lowest BCUT2D eigenvalue weighted by Crippen LogP contribution is -2.49. The quantitative estimate of drug-likeness (QED) is 0.530. The zero-order chi connectivity index (χ0) is 24.8. The number of carbonyl (C=O) groups is 2. The number of imidazole rings is 1. The monoisotopic (exact) mass is 474 g/mol. The molecule has 0 spiro atoms. The fourth-order valence-corrected chi connectivity index (χ4v) is 4.15. The van der Waals surface area contributed by atoms with Gasteiger partial charge in [0, 0.05) is 36.0 Å². The number of nitrogens with one attached hydrogen (secondary N) is 2. The number of rotatable bonds is 7. The highest BCUT2D eigenvalue weighted by molar-refractivity contribution is 5.88. The van der Waals surface area contributed by atoms with Gasteiger partial charge in [0.15, 0.2) is 6.61 Å². The minimum absolute atomic E-state index is 0.00679. The minimum atomic E-state index is -0.511. The van der Waals surface area contributed by atoms with E-state index in [1.54, 1.807) is 4.90 Å². The average Bonchev–Trinajstić information content (AvgIpc) is 3.27. The van der Waals surface area contributed by atoms with Crippen molar-refractivity contribution >= 4 is 11.8 Å². The summed E-state index contributed by atoms with van der Waals surface area (Å²) in [6, 6.07) is 16.7. The Labute approximate surface area is 206 Å². The highest BCUT2D eigenvalue weighted by Gasteiger charge is 2.31. The molecule has 4 rings (SSSR count). The van der Waals surface area contributed by atoms with Gasteiger partial charge in [-0.1, -0.05) is 63.2 Å². The van der Waals surface area contributed by atoms with Gasteiger partial charge in [-0.2, -0.15) is 0 Å². The summed E-state index contributed by atoms with van der Waals surface area (Å²) in [5.41, 5.74) is 2.99. The van der Waals surface area contributed by atoms with Crippen molar-refractivity contribution in [2.75, 3.05) is 13.2 Å². The predicted molar refractivity (Wildman–Crippen MR) is 136 cm³/mol. The second-order valence-electron chi connectivity index (χ2n) is 10.0. The van der Waals surface area contributed by atoms with Crippen molar-refractivity contribution in [2.24, 2.45) is 0 Å². The molecular formula is C28H34N4O3. The van der Waals surface area contributed by atoms with E-state index in [9.17, 15) is 9.59 Å². The molecule has 1 saturated heterocycles. The minimum Gasteiger partial charge on any atom is -0.484 e. The number of nitrogens with zero attached hydrogens (tertiary/aromatic N) is 2. The molecule has 2 aromatic carbocycles. The van der Waals surface area contributed by atoms with Crippen molar-refractivity contribution in [1.29, 1.82) is 0 Å². The van der Waals surface area contributed by atoms with Crippen LogP contribution in [0.5, 0.6) is 5.75 Å². The van der Waals surface area contributed by atoms with Gasteiger partial charge in [-0.15, -0.1) is 0 Å². The Morgan fingerprint density at radius 3 is 2.51 bits per heavy atom. The number of aromatic nitrogens is 2. The van der Waals surface area contributed by atoms with Crippen LogP contribution in [0.15, 0.2) is 60.8 Å². The topological polar surface area (TPSA) is 87.3 Å². The van der Waals surface area contributed by atoms with E-state index in [4.69, 9.17) is 4.74 Å². The highest BCUT2D eigenvalue weighted by Crippen LogP contribution is 2.25. The van der Waals surface area contributed by atoms with E-state index in [1.165, 1.54) is 0 Å². The first-order valence-electron chi connectivity index (χ1n) is 12.2. The van der Waals surface area contributed by atoms with E-state index in [0.29, 0.717) is 25.3 Å². The molecule has 1 aliphatic rings. The number of aromatic amines is 1. The van der Waals surface area contributed by atoms with E-state index >= 15 is 0 Å². The normalized spacial score (nSPS) is 16.3. The fourth-order valence-electron chi connectivity index (χ4n) is 4.15. The number of hydrogen-bond donors (Lipinski definition) is 2. The summed E-state index contributed by atoms with van der Waals surface area (Å²) < 4.78 is 5.72. The molecule has 35 heavy (non-hydrogen) atoms. The van der Waals surface area contributed by atoms with Gasteiger partial charge >= 0.3 is 0 Å². The van der Waals surface area contributed by atoms with Gasteiger partial charge in [0.1, 0.15) is 17.6 Å². The first-order valence-corrected chi connectivity index (χ1v) is 12.2. The van der Waals surface area contributed by atoms with Crippen LogP contribution in [0, 0.1) is 0 Å². The maximum Gasteiger partial charge on any atom is 0.261 e. The Morgan fingerprint density at radius 2 is 1.83 bits per heavy atom. The van der Waals surface area contributed by atoms with E-state index < -0.39 is 6.04 Å². The number of para-hydroxylation sites is 1. The number of amides is 2. The highest BCUT2D eigenvalue weighted by atomic mass is 16.5. The van der Waals surface area contributed by atoms with Gasteiger partial charge in [-0.05, 0) is 37.0 Å². The van der Waals surface area contributed by atoms with Gasteiger partial charge in [0.2, 0.25) is 5.91 Å². The molecule has 1 aliphatic heterocycles. The van der Waals surface area contributed by atoms with Gasteiger partial charge in [-0.3, -0.25) is 9.59 Å². The summed E-state index contributed by atoms with van der Waals surface area (Å²) >= 11 is 0. The Balaban J connectivity index is 1.51. The summed E-state index contributed by atoms with van der Waals surface area (Å²) in [4.78, 5) is 35.6. The molecule has 184 valence electrons. The maximum atomic E-state index is 13.3. The Hall–Kier alpha value is -3.61. The molecule has 1 atom stereocenters. The van der Waals surface area contributed by atoms with E-state index in [0.717, 1.165) is 35.5 Å². The van der Waals surface area contributed by atoms with Crippen molar-refractivity contribution in [3.63, 3.8) is 0 Å². The molecule has 0 radical (unpaired) electrons. The molecule has 0 saturated carbocycles. The predicted octanol–water partition coefficient (Wildman–Crippen LogP) is 4.45. The third-order valence-electron chi connectivity index (χ3n) is 6.27. The van der Waals surface area contributed by atoms with E-state index in [1.807, 2.05) is 60.8 Å². The molecule has 0 aliphatic carbocycles. The van der Waals surface area contributed by atoms with Gasteiger partial charge in [0.05, 0.1) is 0 Å². The number of H-pyrrole nitrogens is 1. The summed E-state index contributed by atoms with van der Waals surface area (Å²) in [6.07, 6.45) is 4.32. The maximum absolute atomic E-state index is 13.3. The molecule has 7 nitrogen and oxygen atoms in total. The number of hydrogen-bond acceptors (Lipinski definition) is 4. The molecule has 1 aromatic heterocycles. The summed E-state index contributed by atoms with van der Waals surface area (Å²) in [5, 5.41) is 2.95. The number of benzene rings is 2. The van der Waals surface area contributed by atoms with Gasteiger partial charge < -0.3 is 19.9 Å². The van der Waals surface area contributed by atoms with Crippen LogP contribution in [0.25, 0.3) is 11.4 Å². The summed E-state index contributed by atoms with van der Waals surface area (Å²) in [7, 11) is 0. The summed E-state index contributed by atoms with van der Waals surface area (Å²) in [6.45, 7) is 7.29.